The van der Waals surface area contributed by atoms with E-state index in [1.165, 1.54) is 18.4 Å². The maximum atomic E-state index is 15.1. The molecule has 24 heavy (non-hydrogen) atoms. The smallest absolute Gasteiger partial charge is 0.133 e. The average molecular weight is 332 g/mol. The second kappa shape index (κ2) is 7.80. The van der Waals surface area contributed by atoms with Gasteiger partial charge < -0.3 is 0 Å². The van der Waals surface area contributed by atoms with Crippen molar-refractivity contribution in [3.63, 3.8) is 0 Å². The third-order valence-corrected chi connectivity index (χ3v) is 5.97. The average Bonchev–Trinajstić information content (AvgIpc) is 2.57. The van der Waals surface area contributed by atoms with Crippen molar-refractivity contribution in [2.24, 2.45) is 5.92 Å². The van der Waals surface area contributed by atoms with E-state index in [1.807, 2.05) is 6.08 Å². The Morgan fingerprint density at radius 3 is 2.42 bits per heavy atom. The molecule has 0 heterocycles. The van der Waals surface area contributed by atoms with Crippen LogP contribution in [0.4, 0.5) is 8.78 Å². The summed E-state index contributed by atoms with van der Waals surface area (Å²) in [5.41, 5.74) is 3.25. The summed E-state index contributed by atoms with van der Waals surface area (Å²) >= 11 is 0. The normalized spacial score (nSPS) is 23.8. The number of benzene rings is 1. The van der Waals surface area contributed by atoms with Crippen LogP contribution >= 0.6 is 0 Å². The van der Waals surface area contributed by atoms with Gasteiger partial charge in [0.2, 0.25) is 0 Å². The molecular weight excluding hydrogens is 302 g/mol. The van der Waals surface area contributed by atoms with E-state index in [2.05, 4.69) is 13.8 Å². The minimum absolute atomic E-state index is 0.0735. The van der Waals surface area contributed by atoms with Crippen LogP contribution in [0.3, 0.4) is 0 Å². The fraction of sp³-hybridized carbons (Fsp3) is 0.636. The van der Waals surface area contributed by atoms with Crippen LogP contribution in [0, 0.1) is 17.6 Å². The molecule has 2 aliphatic rings. The molecule has 3 rings (SSSR count). The molecule has 0 spiro atoms. The van der Waals surface area contributed by atoms with Gasteiger partial charge in [0.05, 0.1) is 0 Å². The molecule has 0 unspecified atom stereocenters. The second-order valence-corrected chi connectivity index (χ2v) is 7.71. The predicted molar refractivity (Wildman–Crippen MR) is 97.2 cm³/mol. The van der Waals surface area contributed by atoms with Crippen molar-refractivity contribution < 1.29 is 8.78 Å². The van der Waals surface area contributed by atoms with Gasteiger partial charge in [0, 0.05) is 5.56 Å². The first-order valence-corrected chi connectivity index (χ1v) is 9.84. The Morgan fingerprint density at radius 1 is 1.00 bits per heavy atom. The topological polar surface area (TPSA) is 0 Å². The highest BCUT2D eigenvalue weighted by Gasteiger charge is 2.29. The Kier molecular flexibility index (Phi) is 5.73. The van der Waals surface area contributed by atoms with E-state index < -0.39 is 0 Å². The molecule has 0 aromatic heterocycles. The molecule has 1 saturated carbocycles. The van der Waals surface area contributed by atoms with Crippen LogP contribution in [0.15, 0.2) is 11.6 Å². The van der Waals surface area contributed by atoms with Crippen LogP contribution in [0.25, 0.3) is 6.08 Å². The van der Waals surface area contributed by atoms with Crippen molar-refractivity contribution >= 4 is 6.08 Å². The molecule has 0 atom stereocenters. The highest BCUT2D eigenvalue weighted by molar-refractivity contribution is 5.61. The maximum absolute atomic E-state index is 15.1. The third kappa shape index (κ3) is 3.58. The summed E-state index contributed by atoms with van der Waals surface area (Å²) in [4.78, 5) is 0. The SMILES string of the molecule is CCCC1=Cc2cc(F)c(C3CCC(CCC)CC3)c(F)c2CC1. The lowest BCUT2D eigenvalue weighted by Gasteiger charge is -2.30. The minimum atomic E-state index is -0.320. The Bertz CT molecular complexity index is 607. The van der Waals surface area contributed by atoms with Gasteiger partial charge in [-0.15, -0.1) is 0 Å². The Hall–Kier alpha value is -1.18. The zero-order valence-corrected chi connectivity index (χ0v) is 15.1. The lowest BCUT2D eigenvalue weighted by atomic mass is 9.76. The van der Waals surface area contributed by atoms with E-state index in [4.69, 9.17) is 0 Å². The van der Waals surface area contributed by atoms with Gasteiger partial charge in [-0.3, -0.25) is 0 Å². The predicted octanol–water partition coefficient (Wildman–Crippen LogP) is 7.17. The minimum Gasteiger partial charge on any atom is -0.207 e. The fourth-order valence-electron chi connectivity index (χ4n) is 4.70. The van der Waals surface area contributed by atoms with Crippen LogP contribution < -0.4 is 0 Å². The van der Waals surface area contributed by atoms with Gasteiger partial charge in [-0.1, -0.05) is 44.8 Å². The van der Waals surface area contributed by atoms with Gasteiger partial charge in [-0.05, 0) is 74.0 Å². The molecule has 2 aliphatic carbocycles. The molecule has 0 saturated heterocycles. The van der Waals surface area contributed by atoms with E-state index >= 15 is 4.39 Å². The van der Waals surface area contributed by atoms with Crippen molar-refractivity contribution in [1.82, 2.24) is 0 Å². The zero-order chi connectivity index (χ0) is 17.1. The van der Waals surface area contributed by atoms with E-state index in [0.29, 0.717) is 5.56 Å². The maximum Gasteiger partial charge on any atom is 0.133 e. The summed E-state index contributed by atoms with van der Waals surface area (Å²) in [7, 11) is 0. The highest BCUT2D eigenvalue weighted by Crippen LogP contribution is 2.41. The van der Waals surface area contributed by atoms with Crippen LogP contribution in [-0.2, 0) is 6.42 Å². The molecule has 1 aromatic carbocycles. The first-order valence-electron chi connectivity index (χ1n) is 9.84. The zero-order valence-electron chi connectivity index (χ0n) is 15.1. The molecule has 2 heteroatoms. The summed E-state index contributed by atoms with van der Waals surface area (Å²) in [6.07, 6.45) is 12.4. The summed E-state index contributed by atoms with van der Waals surface area (Å²) < 4.78 is 29.8. The van der Waals surface area contributed by atoms with E-state index in [1.54, 1.807) is 6.07 Å². The Balaban J connectivity index is 1.84. The monoisotopic (exact) mass is 332 g/mol. The molecule has 0 aliphatic heterocycles. The second-order valence-electron chi connectivity index (χ2n) is 7.71. The number of rotatable bonds is 5. The van der Waals surface area contributed by atoms with Gasteiger partial charge in [-0.25, -0.2) is 8.78 Å². The number of fused-ring (bicyclic) bond motifs is 1. The molecule has 1 fully saturated rings. The number of halogens is 2. The third-order valence-electron chi connectivity index (χ3n) is 5.97. The summed E-state index contributed by atoms with van der Waals surface area (Å²) in [5, 5.41) is 0. The van der Waals surface area contributed by atoms with Crippen LogP contribution in [0.5, 0.6) is 0 Å². The molecule has 0 bridgehead atoms. The molecule has 0 nitrogen and oxygen atoms in total. The van der Waals surface area contributed by atoms with Crippen molar-refractivity contribution in [1.29, 1.82) is 0 Å². The highest BCUT2D eigenvalue weighted by atomic mass is 19.1. The van der Waals surface area contributed by atoms with Gasteiger partial charge in [-0.2, -0.15) is 0 Å². The lowest BCUT2D eigenvalue weighted by Crippen LogP contribution is -2.17. The first kappa shape index (κ1) is 17.6. The van der Waals surface area contributed by atoms with Crippen molar-refractivity contribution in [2.45, 2.75) is 84.0 Å². The Morgan fingerprint density at radius 2 is 1.75 bits per heavy atom. The van der Waals surface area contributed by atoms with Crippen molar-refractivity contribution in [3.8, 4) is 0 Å². The van der Waals surface area contributed by atoms with Crippen molar-refractivity contribution in [3.05, 3.63) is 40.0 Å². The standard InChI is InChI=1S/C22H30F2/c1-3-5-15-7-10-17(11-8-15)21-20(23)14-18-13-16(6-4-2)9-12-19(18)22(21)24/h13-15,17H,3-12H2,1-2H3. The number of allylic oxidation sites excluding steroid dienone is 1. The van der Waals surface area contributed by atoms with E-state index in [-0.39, 0.29) is 17.6 Å². The molecule has 1 aromatic rings. The first-order chi connectivity index (χ1) is 11.6. The lowest BCUT2D eigenvalue weighted by molar-refractivity contribution is 0.299. The summed E-state index contributed by atoms with van der Waals surface area (Å²) in [5.74, 6) is 0.272. The molecule has 0 N–H and O–H groups in total. The Labute approximate surface area is 145 Å². The number of hydrogen-bond donors (Lipinski definition) is 0. The quantitative estimate of drug-likeness (QED) is 0.536. The van der Waals surface area contributed by atoms with Crippen LogP contribution in [0.2, 0.25) is 0 Å². The van der Waals surface area contributed by atoms with Crippen LogP contribution in [-0.4, -0.2) is 0 Å². The molecule has 0 radical (unpaired) electrons. The van der Waals surface area contributed by atoms with Gasteiger partial charge in [0.15, 0.2) is 0 Å². The van der Waals surface area contributed by atoms with Crippen molar-refractivity contribution in [2.75, 3.05) is 0 Å². The summed E-state index contributed by atoms with van der Waals surface area (Å²) in [6.45, 7) is 4.37. The molecular formula is C22H30F2. The van der Waals surface area contributed by atoms with Crippen LogP contribution in [0.1, 0.15) is 94.2 Å². The fourth-order valence-corrected chi connectivity index (χ4v) is 4.70. The molecule has 132 valence electrons. The van der Waals surface area contributed by atoms with E-state index in [9.17, 15) is 4.39 Å². The van der Waals surface area contributed by atoms with E-state index in [0.717, 1.165) is 68.4 Å². The number of hydrogen-bond acceptors (Lipinski definition) is 0. The summed E-state index contributed by atoms with van der Waals surface area (Å²) in [6, 6.07) is 1.60. The van der Waals surface area contributed by atoms with Gasteiger partial charge in [0.1, 0.15) is 11.6 Å². The van der Waals surface area contributed by atoms with Gasteiger partial charge >= 0.3 is 0 Å². The van der Waals surface area contributed by atoms with Gasteiger partial charge in [0.25, 0.3) is 0 Å². The molecule has 0 amide bonds. The largest absolute Gasteiger partial charge is 0.207 e.